The van der Waals surface area contributed by atoms with Crippen molar-refractivity contribution in [3.63, 3.8) is 0 Å². The van der Waals surface area contributed by atoms with Crippen molar-refractivity contribution in [1.82, 2.24) is 40.4 Å². The highest BCUT2D eigenvalue weighted by Gasteiger charge is 2.39. The van der Waals surface area contributed by atoms with Gasteiger partial charge >= 0.3 is 12.2 Å². The fourth-order valence-corrected chi connectivity index (χ4v) is 9.88. The van der Waals surface area contributed by atoms with Gasteiger partial charge in [0.05, 0.1) is 50.1 Å². The van der Waals surface area contributed by atoms with Crippen LogP contribution in [-0.4, -0.2) is 93.1 Å². The molecule has 4 N–H and O–H groups in total. The van der Waals surface area contributed by atoms with Crippen LogP contribution in [0.2, 0.25) is 0 Å². The molecule has 3 aliphatic rings. The molecule has 16 heteroatoms. The van der Waals surface area contributed by atoms with Crippen LogP contribution in [0.3, 0.4) is 0 Å². The molecule has 0 saturated carbocycles. The maximum Gasteiger partial charge on any atom is 0.407 e. The van der Waals surface area contributed by atoms with Gasteiger partial charge in [0.25, 0.3) is 0 Å². The van der Waals surface area contributed by atoms with Crippen molar-refractivity contribution in [2.75, 3.05) is 27.3 Å². The molecule has 0 spiro atoms. The average Bonchev–Trinajstić information content (AvgIpc) is 4.03. The van der Waals surface area contributed by atoms with Crippen molar-refractivity contribution in [2.24, 2.45) is 11.8 Å². The van der Waals surface area contributed by atoms with E-state index >= 15 is 0 Å². The van der Waals surface area contributed by atoms with Crippen LogP contribution >= 0.6 is 23.5 Å². The number of hydrogen-bond acceptors (Lipinski definition) is 10. The molecule has 3 aliphatic heterocycles. The lowest BCUT2D eigenvalue weighted by Crippen LogP contribution is -2.51. The van der Waals surface area contributed by atoms with E-state index in [1.807, 2.05) is 49.9 Å². The Morgan fingerprint density at radius 3 is 1.46 bits per heavy atom. The molecule has 4 amide bonds. The highest BCUT2D eigenvalue weighted by Crippen LogP contribution is 2.50. The van der Waals surface area contributed by atoms with Crippen LogP contribution in [-0.2, 0) is 19.1 Å². The van der Waals surface area contributed by atoms with E-state index < -0.39 is 24.3 Å². The number of aromatic amines is 2. The molecule has 7 rings (SSSR count). The van der Waals surface area contributed by atoms with Crippen LogP contribution in [0.25, 0.3) is 22.5 Å². The third-order valence-electron chi connectivity index (χ3n) is 10.6. The fraction of sp³-hybridized carbons (Fsp3) is 0.450. The summed E-state index contributed by atoms with van der Waals surface area (Å²) >= 11 is 3.44. The molecule has 2 saturated heterocycles. The highest BCUT2D eigenvalue weighted by molar-refractivity contribution is 8.05. The quantitative estimate of drug-likeness (QED) is 0.113. The SMILES string of the molecule is COC(=O)NC(C(=O)N1CCC[C@H]1c1ncc(-c2ccc3c(c2)Sc2ccc(-c4cnc([C@@H]5CCCN5C(=O)[C@@H](NC(=O)OC)C(C)C)[nH]4)cc2S3)[nH]1)C(C)C. The van der Waals surface area contributed by atoms with E-state index in [4.69, 9.17) is 19.4 Å². The maximum atomic E-state index is 13.6. The first kappa shape index (κ1) is 39.3. The summed E-state index contributed by atoms with van der Waals surface area (Å²) in [5, 5.41) is 5.41. The van der Waals surface area contributed by atoms with Crippen molar-refractivity contribution in [1.29, 1.82) is 0 Å². The number of H-pyrrole nitrogens is 2. The fourth-order valence-electron chi connectivity index (χ4n) is 7.61. The number of nitrogens with one attached hydrogen (secondary N) is 4. The topological polar surface area (TPSA) is 175 Å². The van der Waals surface area contributed by atoms with E-state index in [9.17, 15) is 19.2 Å². The van der Waals surface area contributed by atoms with Crippen LogP contribution in [0, 0.1) is 11.8 Å². The largest absolute Gasteiger partial charge is 0.453 e. The van der Waals surface area contributed by atoms with Gasteiger partial charge in [0.15, 0.2) is 0 Å². The summed E-state index contributed by atoms with van der Waals surface area (Å²) in [5.41, 5.74) is 3.76. The maximum absolute atomic E-state index is 13.6. The lowest BCUT2D eigenvalue weighted by molar-refractivity contribution is -0.136. The van der Waals surface area contributed by atoms with Crippen molar-refractivity contribution >= 4 is 47.5 Å². The lowest BCUT2D eigenvalue weighted by Gasteiger charge is -2.30. The van der Waals surface area contributed by atoms with Gasteiger partial charge < -0.3 is 39.9 Å². The molecular formula is C40H48N8O6S2. The van der Waals surface area contributed by atoms with Gasteiger partial charge in [0, 0.05) is 43.8 Å². The monoisotopic (exact) mass is 800 g/mol. The third-order valence-corrected chi connectivity index (χ3v) is 13.2. The Morgan fingerprint density at radius 2 is 1.09 bits per heavy atom. The number of nitrogens with zero attached hydrogens (tertiary/aromatic N) is 4. The zero-order valence-electron chi connectivity index (χ0n) is 32.4. The first-order valence-corrected chi connectivity index (χ1v) is 20.6. The minimum Gasteiger partial charge on any atom is -0.453 e. The summed E-state index contributed by atoms with van der Waals surface area (Å²) in [5.74, 6) is 0.973. The third kappa shape index (κ3) is 7.99. The average molecular weight is 801 g/mol. The second-order valence-electron chi connectivity index (χ2n) is 15.0. The van der Waals surface area contributed by atoms with Gasteiger partial charge in [0.2, 0.25) is 11.8 Å². The molecule has 2 aromatic heterocycles. The minimum atomic E-state index is -0.689. The summed E-state index contributed by atoms with van der Waals surface area (Å²) in [6.07, 6.45) is 5.67. The van der Waals surface area contributed by atoms with Crippen molar-refractivity contribution in [3.05, 3.63) is 60.4 Å². The number of imidazole rings is 2. The van der Waals surface area contributed by atoms with Gasteiger partial charge in [-0.3, -0.25) is 9.59 Å². The van der Waals surface area contributed by atoms with E-state index in [0.717, 1.165) is 79.4 Å². The number of aromatic nitrogens is 4. The van der Waals surface area contributed by atoms with E-state index in [1.165, 1.54) is 14.2 Å². The number of likely N-dealkylation sites (tertiary alicyclic amines) is 2. The Bertz CT molecular complexity index is 1970. The van der Waals surface area contributed by atoms with Gasteiger partial charge in [-0.1, -0.05) is 63.4 Å². The summed E-state index contributed by atoms with van der Waals surface area (Å²) < 4.78 is 9.54. The molecule has 0 aliphatic carbocycles. The van der Waals surface area contributed by atoms with Gasteiger partial charge in [0.1, 0.15) is 23.7 Å². The standard InChI is InChI=1S/C40H48N8O6S2/c1-21(2)33(45-39(51)53-5)37(49)47-15-7-9-27(47)35-41-19-25(43-35)23-11-13-29-31(17-23)55-30-14-12-24(18-32(30)56-29)26-20-42-36(44-26)28-10-8-16-48(28)38(50)34(22(3)4)46-40(52)54-6/h11-14,17-22,27-28,33-34H,7-10,15-16H2,1-6H3,(H,41,43)(H,42,44)(H,45,51)(H,46,52)/t27-,28-,33-,34?/m0/s1. The zero-order valence-corrected chi connectivity index (χ0v) is 34.0. The van der Waals surface area contributed by atoms with E-state index in [2.05, 4.69) is 57.0 Å². The summed E-state index contributed by atoms with van der Waals surface area (Å²) in [6, 6.07) is 11.0. The number of methoxy groups -OCH3 is 2. The Kier molecular flexibility index (Phi) is 11.7. The molecule has 1 unspecified atom stereocenters. The molecule has 0 radical (unpaired) electrons. The van der Waals surface area contributed by atoms with Gasteiger partial charge in [-0.15, -0.1) is 0 Å². The summed E-state index contributed by atoms with van der Waals surface area (Å²) in [7, 11) is 2.59. The summed E-state index contributed by atoms with van der Waals surface area (Å²) in [6.45, 7) is 8.81. The van der Waals surface area contributed by atoms with E-state index in [0.29, 0.717) is 13.1 Å². The van der Waals surface area contributed by atoms with Crippen LogP contribution in [0.1, 0.15) is 77.1 Å². The molecule has 0 bridgehead atoms. The number of amides is 4. The highest BCUT2D eigenvalue weighted by atomic mass is 32.2. The van der Waals surface area contributed by atoms with Crippen molar-refractivity contribution in [3.8, 4) is 22.5 Å². The van der Waals surface area contributed by atoms with Crippen LogP contribution in [0.4, 0.5) is 9.59 Å². The van der Waals surface area contributed by atoms with Gasteiger partial charge in [-0.05, 0) is 61.8 Å². The number of hydrogen-bond donors (Lipinski definition) is 4. The predicted molar refractivity (Wildman–Crippen MR) is 212 cm³/mol. The first-order chi connectivity index (χ1) is 26.9. The molecule has 14 nitrogen and oxygen atoms in total. The lowest BCUT2D eigenvalue weighted by atomic mass is 10.0. The second kappa shape index (κ2) is 16.6. The number of carbonyl (C=O) groups is 4. The van der Waals surface area contributed by atoms with Crippen molar-refractivity contribution < 1.29 is 28.7 Å². The smallest absolute Gasteiger partial charge is 0.407 e. The Balaban J connectivity index is 1.03. The van der Waals surface area contributed by atoms with Gasteiger partial charge in [-0.25, -0.2) is 19.6 Å². The number of alkyl carbamates (subject to hydrolysis) is 2. The molecule has 4 aromatic rings. The van der Waals surface area contributed by atoms with Crippen LogP contribution < -0.4 is 10.6 Å². The number of benzene rings is 2. The van der Waals surface area contributed by atoms with Crippen LogP contribution in [0.5, 0.6) is 0 Å². The Morgan fingerprint density at radius 1 is 0.679 bits per heavy atom. The number of ether oxygens (including phenoxy) is 2. The first-order valence-electron chi connectivity index (χ1n) is 19.0. The number of rotatable bonds is 10. The van der Waals surface area contributed by atoms with E-state index in [1.54, 1.807) is 23.5 Å². The zero-order chi connectivity index (χ0) is 39.7. The predicted octanol–water partition coefficient (Wildman–Crippen LogP) is 7.17. The molecular weight excluding hydrogens is 753 g/mol. The molecule has 2 fully saturated rings. The van der Waals surface area contributed by atoms with E-state index in [-0.39, 0.29) is 35.7 Å². The van der Waals surface area contributed by atoms with Crippen molar-refractivity contribution in [2.45, 2.75) is 97.1 Å². The molecule has 5 heterocycles. The number of fused-ring (bicyclic) bond motifs is 2. The van der Waals surface area contributed by atoms with Crippen LogP contribution in [0.15, 0.2) is 68.4 Å². The normalized spacial score (nSPS) is 18.7. The minimum absolute atomic E-state index is 0.106. The molecule has 56 heavy (non-hydrogen) atoms. The Labute approximate surface area is 334 Å². The van der Waals surface area contributed by atoms with Gasteiger partial charge in [-0.2, -0.15) is 0 Å². The molecule has 2 aromatic carbocycles. The second-order valence-corrected chi connectivity index (χ2v) is 17.2. The molecule has 4 atom stereocenters. The summed E-state index contributed by atoms with van der Waals surface area (Å²) in [4.78, 5) is 75.8. The number of carbonyl (C=O) groups excluding carboxylic acids is 4. The Hall–Kier alpha value is -4.96. The molecule has 296 valence electrons.